The molecule has 0 N–H and O–H groups in total. The number of hydrogen-bond donors (Lipinski definition) is 0. The van der Waals surface area contributed by atoms with Gasteiger partial charge >= 0.3 is 0 Å². The minimum atomic E-state index is -0.125. The van der Waals surface area contributed by atoms with Crippen molar-refractivity contribution in [3.63, 3.8) is 0 Å². The van der Waals surface area contributed by atoms with Crippen LogP contribution in [-0.4, -0.2) is 52.5 Å². The van der Waals surface area contributed by atoms with Gasteiger partial charge in [-0.25, -0.2) is 0 Å². The van der Waals surface area contributed by atoms with Crippen LogP contribution in [0.5, 0.6) is 0 Å². The van der Waals surface area contributed by atoms with E-state index in [4.69, 9.17) is 0 Å². The van der Waals surface area contributed by atoms with Gasteiger partial charge < -0.3 is 9.47 Å². The van der Waals surface area contributed by atoms with E-state index in [2.05, 4.69) is 29.2 Å². The molecule has 2 aromatic rings. The van der Waals surface area contributed by atoms with Crippen LogP contribution in [0.1, 0.15) is 17.5 Å². The molecule has 0 unspecified atom stereocenters. The molecule has 1 atom stereocenters. The van der Waals surface area contributed by atoms with Gasteiger partial charge in [-0.1, -0.05) is 30.3 Å². The summed E-state index contributed by atoms with van der Waals surface area (Å²) in [4.78, 5) is 28.7. The molecule has 1 aromatic carbocycles. The van der Waals surface area contributed by atoms with Crippen molar-refractivity contribution in [2.75, 3.05) is 26.2 Å². The summed E-state index contributed by atoms with van der Waals surface area (Å²) in [5.41, 5.74) is 2.84. The number of amides is 1. The van der Waals surface area contributed by atoms with Crippen LogP contribution in [0.25, 0.3) is 0 Å². The van der Waals surface area contributed by atoms with Crippen molar-refractivity contribution in [3.05, 3.63) is 70.1 Å². The Balaban J connectivity index is 1.32. The van der Waals surface area contributed by atoms with Gasteiger partial charge in [-0.2, -0.15) is 0 Å². The summed E-state index contributed by atoms with van der Waals surface area (Å²) < 4.78 is 1.48. The Morgan fingerprint density at radius 1 is 0.962 bits per heavy atom. The SMILES string of the molecule is O=C(Cn1ccccc1=O)N1CCN([C@H]2CCc3ccccc3C2)CC1. The highest BCUT2D eigenvalue weighted by molar-refractivity contribution is 5.76. The van der Waals surface area contributed by atoms with Gasteiger partial charge in [0.1, 0.15) is 6.54 Å². The van der Waals surface area contributed by atoms with Crippen molar-refractivity contribution < 1.29 is 4.79 Å². The van der Waals surface area contributed by atoms with Crippen molar-refractivity contribution in [2.45, 2.75) is 31.8 Å². The van der Waals surface area contributed by atoms with Crippen LogP contribution in [0.3, 0.4) is 0 Å². The Morgan fingerprint density at radius 2 is 1.69 bits per heavy atom. The monoisotopic (exact) mass is 351 g/mol. The van der Waals surface area contributed by atoms with Crippen molar-refractivity contribution in [1.29, 1.82) is 0 Å². The zero-order valence-electron chi connectivity index (χ0n) is 15.0. The van der Waals surface area contributed by atoms with Gasteiger partial charge in [-0.05, 0) is 36.5 Å². The molecule has 26 heavy (non-hydrogen) atoms. The summed E-state index contributed by atoms with van der Waals surface area (Å²) in [6.45, 7) is 3.47. The second kappa shape index (κ2) is 7.46. The van der Waals surface area contributed by atoms with E-state index < -0.39 is 0 Å². The van der Waals surface area contributed by atoms with Gasteiger partial charge in [-0.3, -0.25) is 14.5 Å². The predicted octanol–water partition coefficient (Wildman–Crippen LogP) is 1.55. The van der Waals surface area contributed by atoms with Gasteiger partial charge in [0.2, 0.25) is 5.91 Å². The fourth-order valence-corrected chi connectivity index (χ4v) is 4.16. The van der Waals surface area contributed by atoms with E-state index in [0.717, 1.165) is 39.0 Å². The zero-order valence-corrected chi connectivity index (χ0v) is 15.0. The topological polar surface area (TPSA) is 45.6 Å². The molecule has 0 radical (unpaired) electrons. The lowest BCUT2D eigenvalue weighted by molar-refractivity contribution is -0.134. The summed E-state index contributed by atoms with van der Waals surface area (Å²) in [5.74, 6) is 0.0342. The number of pyridine rings is 1. The third-order valence-electron chi connectivity index (χ3n) is 5.71. The standard InChI is InChI=1S/C21H25N3O2/c25-20-7-3-4-10-24(20)16-21(26)23-13-11-22(12-14-23)19-9-8-17-5-1-2-6-18(17)15-19/h1-7,10,19H,8-9,11-16H2/t19-/m0/s1. The number of hydrogen-bond acceptors (Lipinski definition) is 3. The van der Waals surface area contributed by atoms with E-state index in [1.165, 1.54) is 28.2 Å². The number of rotatable bonds is 3. The lowest BCUT2D eigenvalue weighted by atomic mass is 9.87. The predicted molar refractivity (Wildman–Crippen MR) is 101 cm³/mol. The number of fused-ring (bicyclic) bond motifs is 1. The third-order valence-corrected chi connectivity index (χ3v) is 5.71. The van der Waals surface area contributed by atoms with E-state index in [-0.39, 0.29) is 18.0 Å². The average Bonchev–Trinajstić information content (AvgIpc) is 2.69. The van der Waals surface area contributed by atoms with E-state index in [0.29, 0.717) is 6.04 Å². The lowest BCUT2D eigenvalue weighted by Crippen LogP contribution is -2.53. The van der Waals surface area contributed by atoms with Gasteiger partial charge in [0.15, 0.2) is 0 Å². The Bertz CT molecular complexity index is 837. The maximum atomic E-state index is 12.5. The van der Waals surface area contributed by atoms with Crippen molar-refractivity contribution in [1.82, 2.24) is 14.4 Å². The van der Waals surface area contributed by atoms with Crippen LogP contribution in [0.15, 0.2) is 53.5 Å². The normalized spacial score (nSPS) is 20.6. The van der Waals surface area contributed by atoms with Crippen molar-refractivity contribution in [2.24, 2.45) is 0 Å². The highest BCUT2D eigenvalue weighted by atomic mass is 16.2. The minimum Gasteiger partial charge on any atom is -0.339 e. The Hall–Kier alpha value is -2.40. The molecule has 5 nitrogen and oxygen atoms in total. The molecule has 136 valence electrons. The highest BCUT2D eigenvalue weighted by Gasteiger charge is 2.28. The second-order valence-corrected chi connectivity index (χ2v) is 7.25. The number of carbonyl (C=O) groups is 1. The number of aryl methyl sites for hydroxylation is 1. The molecule has 4 rings (SSSR count). The van der Waals surface area contributed by atoms with Gasteiger partial charge in [0, 0.05) is 44.5 Å². The van der Waals surface area contributed by atoms with E-state index in [1.54, 1.807) is 18.3 Å². The van der Waals surface area contributed by atoms with Gasteiger partial charge in [0.05, 0.1) is 0 Å². The number of carbonyl (C=O) groups excluding carboxylic acids is 1. The molecule has 1 saturated heterocycles. The van der Waals surface area contributed by atoms with Gasteiger partial charge in [-0.15, -0.1) is 0 Å². The van der Waals surface area contributed by atoms with Crippen LogP contribution in [0.4, 0.5) is 0 Å². The average molecular weight is 351 g/mol. The second-order valence-electron chi connectivity index (χ2n) is 7.25. The molecule has 5 heteroatoms. The first kappa shape index (κ1) is 17.0. The highest BCUT2D eigenvalue weighted by Crippen LogP contribution is 2.25. The summed E-state index contributed by atoms with van der Waals surface area (Å²) in [6.07, 6.45) is 5.14. The third kappa shape index (κ3) is 3.58. The first-order valence-electron chi connectivity index (χ1n) is 9.45. The molecule has 1 aromatic heterocycles. The minimum absolute atomic E-state index is 0.0342. The number of nitrogens with zero attached hydrogens (tertiary/aromatic N) is 3. The Labute approximate surface area is 153 Å². The molecular weight excluding hydrogens is 326 g/mol. The first-order chi connectivity index (χ1) is 12.7. The van der Waals surface area contributed by atoms with Crippen LogP contribution >= 0.6 is 0 Å². The molecule has 1 fully saturated rings. The summed E-state index contributed by atoms with van der Waals surface area (Å²) in [6, 6.07) is 14.3. The fourth-order valence-electron chi connectivity index (χ4n) is 4.16. The van der Waals surface area contributed by atoms with Crippen LogP contribution in [-0.2, 0) is 24.2 Å². The van der Waals surface area contributed by atoms with Crippen molar-refractivity contribution >= 4 is 5.91 Å². The quantitative estimate of drug-likeness (QED) is 0.843. The van der Waals surface area contributed by atoms with Crippen LogP contribution in [0.2, 0.25) is 0 Å². The summed E-state index contributed by atoms with van der Waals surface area (Å²) in [7, 11) is 0. The largest absolute Gasteiger partial charge is 0.339 e. The molecule has 1 aliphatic carbocycles. The van der Waals surface area contributed by atoms with Gasteiger partial charge in [0.25, 0.3) is 5.56 Å². The molecule has 0 spiro atoms. The fraction of sp³-hybridized carbons (Fsp3) is 0.429. The number of aromatic nitrogens is 1. The molecule has 1 amide bonds. The number of benzene rings is 1. The molecular formula is C21H25N3O2. The van der Waals surface area contributed by atoms with Crippen LogP contribution in [0, 0.1) is 0 Å². The molecule has 2 aliphatic rings. The smallest absolute Gasteiger partial charge is 0.250 e. The number of piperazine rings is 1. The Morgan fingerprint density at radius 3 is 2.46 bits per heavy atom. The van der Waals surface area contributed by atoms with Crippen LogP contribution < -0.4 is 5.56 Å². The van der Waals surface area contributed by atoms with E-state index in [1.807, 2.05) is 4.90 Å². The van der Waals surface area contributed by atoms with Crippen molar-refractivity contribution in [3.8, 4) is 0 Å². The lowest BCUT2D eigenvalue weighted by Gasteiger charge is -2.41. The zero-order chi connectivity index (χ0) is 17.9. The summed E-state index contributed by atoms with van der Waals surface area (Å²) in [5, 5.41) is 0. The first-order valence-corrected chi connectivity index (χ1v) is 9.45. The maximum Gasteiger partial charge on any atom is 0.250 e. The molecule has 0 bridgehead atoms. The maximum absolute atomic E-state index is 12.5. The summed E-state index contributed by atoms with van der Waals surface area (Å²) >= 11 is 0. The molecule has 1 aliphatic heterocycles. The molecule has 2 heterocycles. The van der Waals surface area contributed by atoms with E-state index in [9.17, 15) is 9.59 Å². The van der Waals surface area contributed by atoms with E-state index >= 15 is 0 Å². The molecule has 0 saturated carbocycles. The Kier molecular flexibility index (Phi) is 4.89.